The van der Waals surface area contributed by atoms with E-state index in [0.717, 1.165) is 37.0 Å². The number of aromatic nitrogens is 2. The van der Waals surface area contributed by atoms with E-state index in [0.29, 0.717) is 6.54 Å². The number of aliphatic imine (C=N–C) groups is 1. The molecule has 0 aliphatic carbocycles. The normalized spacial score (nSPS) is 12.5. The van der Waals surface area contributed by atoms with Crippen LogP contribution < -0.4 is 20.1 Å². The van der Waals surface area contributed by atoms with Gasteiger partial charge in [-0.3, -0.25) is 9.67 Å². The molecule has 0 radical (unpaired) electrons. The summed E-state index contributed by atoms with van der Waals surface area (Å²) in [5, 5.41) is 10.9. The Bertz CT molecular complexity index is 699. The zero-order valence-corrected chi connectivity index (χ0v) is 16.0. The molecular formula is C19H29N5O2. The lowest BCUT2D eigenvalue weighted by Gasteiger charge is -2.18. The number of rotatable bonds is 9. The second-order valence-corrected chi connectivity index (χ2v) is 6.12. The van der Waals surface area contributed by atoms with Crippen molar-refractivity contribution in [3.05, 3.63) is 42.2 Å². The highest BCUT2D eigenvalue weighted by molar-refractivity contribution is 5.79. The third-order valence-corrected chi connectivity index (χ3v) is 3.78. The molecule has 7 heteroatoms. The second-order valence-electron chi connectivity index (χ2n) is 6.12. The Balaban J connectivity index is 1.67. The first-order valence-corrected chi connectivity index (χ1v) is 8.85. The van der Waals surface area contributed by atoms with Crippen LogP contribution in [0.25, 0.3) is 0 Å². The van der Waals surface area contributed by atoms with Gasteiger partial charge in [0.05, 0.1) is 19.9 Å². The molecule has 0 saturated heterocycles. The van der Waals surface area contributed by atoms with Crippen molar-refractivity contribution in [1.82, 2.24) is 20.4 Å². The monoisotopic (exact) mass is 359 g/mol. The molecule has 2 aromatic rings. The second kappa shape index (κ2) is 10.3. The Morgan fingerprint density at radius 1 is 1.31 bits per heavy atom. The topological polar surface area (TPSA) is 72.7 Å². The van der Waals surface area contributed by atoms with Crippen molar-refractivity contribution in [3.8, 4) is 11.5 Å². The average Bonchev–Trinajstić information content (AvgIpc) is 3.06. The Morgan fingerprint density at radius 3 is 2.81 bits per heavy atom. The predicted molar refractivity (Wildman–Crippen MR) is 104 cm³/mol. The standard InChI is InChI=1S/C19H29N5O2/c1-15-12-23-24(14-15)10-6-9-21-19(20-3)22-13-16(2)26-18-8-5-7-17(11-18)25-4/h5,7-8,11-12,14,16H,6,9-10,13H2,1-4H3,(H2,20,21,22). The van der Waals surface area contributed by atoms with Crippen LogP contribution >= 0.6 is 0 Å². The van der Waals surface area contributed by atoms with Crippen LogP contribution in [0.3, 0.4) is 0 Å². The molecule has 0 aliphatic rings. The lowest BCUT2D eigenvalue weighted by Crippen LogP contribution is -2.42. The zero-order chi connectivity index (χ0) is 18.8. The molecule has 2 N–H and O–H groups in total. The van der Waals surface area contributed by atoms with E-state index < -0.39 is 0 Å². The van der Waals surface area contributed by atoms with E-state index in [1.165, 1.54) is 5.56 Å². The summed E-state index contributed by atoms with van der Waals surface area (Å²) in [5.74, 6) is 2.34. The van der Waals surface area contributed by atoms with E-state index in [9.17, 15) is 0 Å². The highest BCUT2D eigenvalue weighted by Crippen LogP contribution is 2.19. The minimum Gasteiger partial charge on any atom is -0.497 e. The summed E-state index contributed by atoms with van der Waals surface area (Å²) in [4.78, 5) is 4.24. The maximum Gasteiger partial charge on any atom is 0.191 e. The molecule has 0 bridgehead atoms. The van der Waals surface area contributed by atoms with Gasteiger partial charge in [0.2, 0.25) is 0 Å². The molecule has 1 aromatic heterocycles. The molecule has 0 spiro atoms. The number of nitrogens with zero attached hydrogens (tertiary/aromatic N) is 3. The van der Waals surface area contributed by atoms with Crippen LogP contribution in [0.1, 0.15) is 18.9 Å². The van der Waals surface area contributed by atoms with Crippen molar-refractivity contribution >= 4 is 5.96 Å². The van der Waals surface area contributed by atoms with Crippen molar-refractivity contribution in [2.75, 3.05) is 27.2 Å². The molecule has 0 amide bonds. The summed E-state index contributed by atoms with van der Waals surface area (Å²) in [5.41, 5.74) is 1.18. The molecule has 2 rings (SSSR count). The van der Waals surface area contributed by atoms with E-state index in [-0.39, 0.29) is 6.10 Å². The van der Waals surface area contributed by atoms with E-state index in [2.05, 4.69) is 20.7 Å². The predicted octanol–water partition coefficient (Wildman–Crippen LogP) is 2.22. The van der Waals surface area contributed by atoms with Gasteiger partial charge in [0, 0.05) is 32.4 Å². The van der Waals surface area contributed by atoms with Crippen molar-refractivity contribution in [1.29, 1.82) is 0 Å². The highest BCUT2D eigenvalue weighted by atomic mass is 16.5. The maximum atomic E-state index is 5.90. The number of benzene rings is 1. The Morgan fingerprint density at radius 2 is 2.12 bits per heavy atom. The summed E-state index contributed by atoms with van der Waals surface area (Å²) in [6, 6.07) is 7.60. The molecule has 0 aliphatic heterocycles. The van der Waals surface area contributed by atoms with Crippen molar-refractivity contribution in [2.24, 2.45) is 4.99 Å². The van der Waals surface area contributed by atoms with E-state index in [4.69, 9.17) is 9.47 Å². The number of ether oxygens (including phenoxy) is 2. The Kier molecular flexibility index (Phi) is 7.79. The number of hydrogen-bond acceptors (Lipinski definition) is 4. The minimum atomic E-state index is -0.00675. The molecule has 7 nitrogen and oxygen atoms in total. The number of aryl methyl sites for hydroxylation is 2. The summed E-state index contributed by atoms with van der Waals surface area (Å²) in [6.45, 7) is 6.41. The maximum absolute atomic E-state index is 5.90. The molecule has 1 heterocycles. The summed E-state index contributed by atoms with van der Waals surface area (Å²) in [7, 11) is 3.41. The van der Waals surface area contributed by atoms with E-state index >= 15 is 0 Å². The smallest absolute Gasteiger partial charge is 0.191 e. The van der Waals surface area contributed by atoms with Crippen LogP contribution in [0, 0.1) is 6.92 Å². The van der Waals surface area contributed by atoms with Crippen LogP contribution in [-0.4, -0.2) is 49.1 Å². The fourth-order valence-corrected chi connectivity index (χ4v) is 2.45. The van der Waals surface area contributed by atoms with Gasteiger partial charge in [-0.1, -0.05) is 6.07 Å². The lowest BCUT2D eigenvalue weighted by atomic mass is 10.3. The van der Waals surface area contributed by atoms with Gasteiger partial charge >= 0.3 is 0 Å². The number of methoxy groups -OCH3 is 1. The van der Waals surface area contributed by atoms with Crippen LogP contribution in [0.15, 0.2) is 41.7 Å². The van der Waals surface area contributed by atoms with Gasteiger partial charge in [0.25, 0.3) is 0 Å². The quantitative estimate of drug-likeness (QED) is 0.408. The molecule has 0 fully saturated rings. The molecule has 0 saturated carbocycles. The van der Waals surface area contributed by atoms with Gasteiger partial charge in [-0.2, -0.15) is 5.10 Å². The van der Waals surface area contributed by atoms with Crippen molar-refractivity contribution < 1.29 is 9.47 Å². The van der Waals surface area contributed by atoms with Crippen LogP contribution in [0.5, 0.6) is 11.5 Å². The number of nitrogens with one attached hydrogen (secondary N) is 2. The number of hydrogen-bond donors (Lipinski definition) is 2. The summed E-state index contributed by atoms with van der Waals surface area (Å²) >= 11 is 0. The Labute approximate surface area is 155 Å². The van der Waals surface area contributed by atoms with E-state index in [1.807, 2.05) is 55.2 Å². The molecule has 1 aromatic carbocycles. The molecule has 142 valence electrons. The van der Waals surface area contributed by atoms with E-state index in [1.54, 1.807) is 14.2 Å². The highest BCUT2D eigenvalue weighted by Gasteiger charge is 2.06. The van der Waals surface area contributed by atoms with Gasteiger partial charge in [-0.15, -0.1) is 0 Å². The third-order valence-electron chi connectivity index (χ3n) is 3.78. The van der Waals surface area contributed by atoms with Gasteiger partial charge in [0.15, 0.2) is 5.96 Å². The van der Waals surface area contributed by atoms with Crippen molar-refractivity contribution in [3.63, 3.8) is 0 Å². The fourth-order valence-electron chi connectivity index (χ4n) is 2.45. The lowest BCUT2D eigenvalue weighted by molar-refractivity contribution is 0.223. The van der Waals surface area contributed by atoms with Gasteiger partial charge in [0.1, 0.15) is 17.6 Å². The van der Waals surface area contributed by atoms with Gasteiger partial charge < -0.3 is 20.1 Å². The van der Waals surface area contributed by atoms with Gasteiger partial charge in [-0.25, -0.2) is 0 Å². The first kappa shape index (κ1) is 19.6. The van der Waals surface area contributed by atoms with Gasteiger partial charge in [-0.05, 0) is 38.0 Å². The summed E-state index contributed by atoms with van der Waals surface area (Å²) in [6.07, 6.45) is 4.88. The third kappa shape index (κ3) is 6.66. The fraction of sp³-hybridized carbons (Fsp3) is 0.474. The zero-order valence-electron chi connectivity index (χ0n) is 16.0. The minimum absolute atomic E-state index is 0.00675. The first-order chi connectivity index (χ1) is 12.6. The van der Waals surface area contributed by atoms with Crippen molar-refractivity contribution in [2.45, 2.75) is 32.9 Å². The Hall–Kier alpha value is -2.70. The van der Waals surface area contributed by atoms with Crippen LogP contribution in [-0.2, 0) is 6.54 Å². The molecule has 1 atom stereocenters. The largest absolute Gasteiger partial charge is 0.497 e. The average molecular weight is 359 g/mol. The molecule has 26 heavy (non-hydrogen) atoms. The molecule has 1 unspecified atom stereocenters. The molecular weight excluding hydrogens is 330 g/mol. The SMILES string of the molecule is CN=C(NCCCn1cc(C)cn1)NCC(C)Oc1cccc(OC)c1. The van der Waals surface area contributed by atoms with Crippen LogP contribution in [0.4, 0.5) is 0 Å². The van der Waals surface area contributed by atoms with Crippen LogP contribution in [0.2, 0.25) is 0 Å². The first-order valence-electron chi connectivity index (χ1n) is 8.85. The summed E-state index contributed by atoms with van der Waals surface area (Å²) < 4.78 is 13.1. The number of guanidine groups is 1.